The molecule has 3 nitrogen and oxygen atoms in total. The highest BCUT2D eigenvalue weighted by atomic mass is 79.9. The second kappa shape index (κ2) is 7.44. The van der Waals surface area contributed by atoms with E-state index in [-0.39, 0.29) is 0 Å². The van der Waals surface area contributed by atoms with Gasteiger partial charge in [0.05, 0.1) is 4.58 Å². The molecule has 0 bridgehead atoms. The molecule has 0 atom stereocenters. The maximum absolute atomic E-state index is 12.1. The molecule has 22 heavy (non-hydrogen) atoms. The lowest BCUT2D eigenvalue weighted by atomic mass is 10.2. The predicted octanol–water partition coefficient (Wildman–Crippen LogP) is 5.54. The highest BCUT2D eigenvalue weighted by Crippen LogP contribution is 2.48. The van der Waals surface area contributed by atoms with Gasteiger partial charge in [-0.1, -0.05) is 34.1 Å². The number of hydrogen-bond acceptors (Lipinski definition) is 4. The van der Waals surface area contributed by atoms with Crippen LogP contribution >= 0.6 is 39.5 Å². The van der Waals surface area contributed by atoms with Gasteiger partial charge < -0.3 is 4.74 Å². The van der Waals surface area contributed by atoms with Crippen LogP contribution < -0.4 is 10.1 Å². The molecule has 0 spiro atoms. The van der Waals surface area contributed by atoms with Gasteiger partial charge in [0.1, 0.15) is 5.75 Å². The lowest BCUT2D eigenvalue weighted by Crippen LogP contribution is -2.17. The van der Waals surface area contributed by atoms with Crippen LogP contribution in [0.1, 0.15) is 10.1 Å². The van der Waals surface area contributed by atoms with Gasteiger partial charge >= 0.3 is 6.09 Å². The van der Waals surface area contributed by atoms with E-state index in [1.165, 1.54) is 0 Å². The zero-order valence-corrected chi connectivity index (χ0v) is 14.8. The maximum atomic E-state index is 12.1. The minimum absolute atomic E-state index is 0.317. The summed E-state index contributed by atoms with van der Waals surface area (Å²) < 4.78 is 6.83. The van der Waals surface area contributed by atoms with E-state index in [1.807, 2.05) is 72.1 Å². The molecule has 2 aromatic rings. The molecule has 114 valence electrons. The first kappa shape index (κ1) is 15.8. The van der Waals surface area contributed by atoms with Gasteiger partial charge in [-0.05, 0) is 30.3 Å². The standard InChI is InChI=1S/C16H14BrNO2S2/c17-11-6-7-14(13(10-11)15-21-8-9-22-15)20-16(19)18-12-4-2-1-3-5-12/h1-7,10,15H,8-9H2,(H,18,19). The Kier molecular flexibility index (Phi) is 5.33. The SMILES string of the molecule is O=C(Nc1ccccc1)Oc1ccc(Br)cc1C1SCCS1. The van der Waals surface area contributed by atoms with Crippen LogP contribution in [0.25, 0.3) is 0 Å². The number of benzene rings is 2. The van der Waals surface area contributed by atoms with Crippen molar-refractivity contribution in [1.29, 1.82) is 0 Å². The molecule has 0 aliphatic carbocycles. The number of hydrogen-bond donors (Lipinski definition) is 1. The Hall–Kier alpha value is -1.11. The molecular weight excluding hydrogens is 382 g/mol. The van der Waals surface area contributed by atoms with Crippen LogP contribution in [0, 0.1) is 0 Å². The molecule has 1 aliphatic rings. The molecule has 1 amide bonds. The number of thioether (sulfide) groups is 2. The Balaban J connectivity index is 1.75. The quantitative estimate of drug-likeness (QED) is 0.740. The highest BCUT2D eigenvalue weighted by molar-refractivity contribution is 9.10. The normalized spacial score (nSPS) is 14.8. The van der Waals surface area contributed by atoms with Crippen molar-refractivity contribution < 1.29 is 9.53 Å². The molecule has 0 unspecified atom stereocenters. The van der Waals surface area contributed by atoms with Crippen LogP contribution in [-0.4, -0.2) is 17.6 Å². The Morgan fingerprint density at radius 3 is 2.59 bits per heavy atom. The van der Waals surface area contributed by atoms with Crippen molar-refractivity contribution in [2.45, 2.75) is 4.58 Å². The Morgan fingerprint density at radius 2 is 1.86 bits per heavy atom. The summed E-state index contributed by atoms with van der Waals surface area (Å²) in [6.45, 7) is 0. The van der Waals surface area contributed by atoms with E-state index in [9.17, 15) is 4.79 Å². The van der Waals surface area contributed by atoms with Gasteiger partial charge in [-0.25, -0.2) is 4.79 Å². The number of carbonyl (C=O) groups excluding carboxylic acids is 1. The number of anilines is 1. The van der Waals surface area contributed by atoms with Crippen LogP contribution in [0.3, 0.4) is 0 Å². The lowest BCUT2D eigenvalue weighted by Gasteiger charge is -2.15. The fraction of sp³-hybridized carbons (Fsp3) is 0.188. The fourth-order valence-electron chi connectivity index (χ4n) is 2.10. The van der Waals surface area contributed by atoms with E-state index in [1.54, 1.807) is 0 Å². The lowest BCUT2D eigenvalue weighted by molar-refractivity contribution is 0.215. The van der Waals surface area contributed by atoms with E-state index in [4.69, 9.17) is 4.74 Å². The summed E-state index contributed by atoms with van der Waals surface area (Å²) in [5.74, 6) is 2.86. The van der Waals surface area contributed by atoms with E-state index < -0.39 is 6.09 Å². The summed E-state index contributed by atoms with van der Waals surface area (Å²) in [6.07, 6.45) is -0.470. The average molecular weight is 396 g/mol. The molecule has 0 saturated carbocycles. The highest BCUT2D eigenvalue weighted by Gasteiger charge is 2.23. The molecule has 0 radical (unpaired) electrons. The molecule has 2 aromatic carbocycles. The minimum atomic E-state index is -0.470. The molecule has 1 aliphatic heterocycles. The van der Waals surface area contributed by atoms with Crippen molar-refractivity contribution in [3.05, 3.63) is 58.6 Å². The first-order chi connectivity index (χ1) is 10.7. The molecule has 3 rings (SSSR count). The average Bonchev–Trinajstić information content (AvgIpc) is 3.04. The smallest absolute Gasteiger partial charge is 0.410 e. The van der Waals surface area contributed by atoms with E-state index in [2.05, 4.69) is 21.2 Å². The van der Waals surface area contributed by atoms with Crippen molar-refractivity contribution in [2.75, 3.05) is 16.8 Å². The van der Waals surface area contributed by atoms with Crippen molar-refractivity contribution in [3.63, 3.8) is 0 Å². The Labute approximate surface area is 146 Å². The largest absolute Gasteiger partial charge is 0.417 e. The van der Waals surface area contributed by atoms with Gasteiger partial charge in [-0.2, -0.15) is 0 Å². The molecule has 1 saturated heterocycles. The van der Waals surface area contributed by atoms with Crippen molar-refractivity contribution in [2.24, 2.45) is 0 Å². The second-order valence-electron chi connectivity index (χ2n) is 4.64. The van der Waals surface area contributed by atoms with Crippen molar-refractivity contribution in [1.82, 2.24) is 0 Å². The van der Waals surface area contributed by atoms with Crippen LogP contribution in [0.2, 0.25) is 0 Å². The van der Waals surface area contributed by atoms with E-state index >= 15 is 0 Å². The van der Waals surface area contributed by atoms with Gasteiger partial charge in [-0.3, -0.25) is 5.32 Å². The third-order valence-corrected chi connectivity index (χ3v) is 6.63. The third-order valence-electron chi connectivity index (χ3n) is 3.07. The van der Waals surface area contributed by atoms with Crippen LogP contribution in [0.15, 0.2) is 53.0 Å². The molecule has 6 heteroatoms. The third kappa shape index (κ3) is 4.00. The second-order valence-corrected chi connectivity index (χ2v) is 8.28. The zero-order chi connectivity index (χ0) is 15.4. The maximum Gasteiger partial charge on any atom is 0.417 e. The number of carbonyl (C=O) groups is 1. The molecule has 1 N–H and O–H groups in total. The van der Waals surface area contributed by atoms with Crippen LogP contribution in [-0.2, 0) is 0 Å². The number of nitrogens with one attached hydrogen (secondary N) is 1. The first-order valence-corrected chi connectivity index (χ1v) is 9.68. The van der Waals surface area contributed by atoms with E-state index in [0.717, 1.165) is 27.2 Å². The number of amides is 1. The van der Waals surface area contributed by atoms with Gasteiger partial charge in [0, 0.05) is 27.2 Å². The molecule has 1 fully saturated rings. The summed E-state index contributed by atoms with van der Waals surface area (Å²) in [5, 5.41) is 2.74. The Morgan fingerprint density at radius 1 is 1.14 bits per heavy atom. The molecule has 1 heterocycles. The van der Waals surface area contributed by atoms with Crippen LogP contribution in [0.4, 0.5) is 10.5 Å². The zero-order valence-electron chi connectivity index (χ0n) is 11.6. The van der Waals surface area contributed by atoms with Gasteiger partial charge in [0.15, 0.2) is 0 Å². The summed E-state index contributed by atoms with van der Waals surface area (Å²) in [7, 11) is 0. The summed E-state index contributed by atoms with van der Waals surface area (Å²) in [6, 6.07) is 15.0. The van der Waals surface area contributed by atoms with Gasteiger partial charge in [0.2, 0.25) is 0 Å². The van der Waals surface area contributed by atoms with Crippen LogP contribution in [0.5, 0.6) is 5.75 Å². The Bertz CT molecular complexity index is 660. The number of para-hydroxylation sites is 1. The number of halogens is 1. The first-order valence-electron chi connectivity index (χ1n) is 6.79. The molecular formula is C16H14BrNO2S2. The monoisotopic (exact) mass is 395 g/mol. The summed E-state index contributed by atoms with van der Waals surface area (Å²) >= 11 is 7.25. The number of ether oxygens (including phenoxy) is 1. The fourth-order valence-corrected chi connectivity index (χ4v) is 5.37. The van der Waals surface area contributed by atoms with Crippen molar-refractivity contribution >= 4 is 51.2 Å². The van der Waals surface area contributed by atoms with Gasteiger partial charge in [-0.15, -0.1) is 23.5 Å². The van der Waals surface area contributed by atoms with Crippen molar-refractivity contribution in [3.8, 4) is 5.75 Å². The van der Waals surface area contributed by atoms with E-state index in [0.29, 0.717) is 10.3 Å². The summed E-state index contributed by atoms with van der Waals surface area (Å²) in [4.78, 5) is 12.1. The summed E-state index contributed by atoms with van der Waals surface area (Å²) in [5.41, 5.74) is 1.76. The minimum Gasteiger partial charge on any atom is -0.410 e. The number of rotatable bonds is 3. The predicted molar refractivity (Wildman–Crippen MR) is 97.9 cm³/mol. The molecule has 0 aromatic heterocycles. The van der Waals surface area contributed by atoms with Gasteiger partial charge in [0.25, 0.3) is 0 Å². The topological polar surface area (TPSA) is 38.3 Å².